The third-order valence-electron chi connectivity index (χ3n) is 2.39. The van der Waals surface area contributed by atoms with E-state index in [4.69, 9.17) is 10.9 Å². The maximum absolute atomic E-state index is 12.1. The van der Waals surface area contributed by atoms with Crippen LogP contribution in [0.15, 0.2) is 43.7 Å². The number of oxime groups is 1. The minimum atomic E-state index is -0.224. The molecule has 0 atom stereocenters. The quantitative estimate of drug-likeness (QED) is 0.308. The normalized spacial score (nSPS) is 11.4. The lowest BCUT2D eigenvalue weighted by atomic mass is 10.2. The molecule has 0 aliphatic carbocycles. The van der Waals surface area contributed by atoms with Crippen LogP contribution in [0.5, 0.6) is 0 Å². The molecule has 0 unspecified atom stereocenters. The lowest BCUT2D eigenvalue weighted by Crippen LogP contribution is -2.14. The molecule has 0 radical (unpaired) electrons. The van der Waals surface area contributed by atoms with Crippen LogP contribution in [0.25, 0.3) is 0 Å². The lowest BCUT2D eigenvalue weighted by Gasteiger charge is -2.05. The molecule has 8 heteroatoms. The number of amides is 1. The SMILES string of the molecule is N/C(=N/O)c1cccc(NC(=O)c2cc(Br)c(Br)s2)c1. The molecule has 1 aromatic heterocycles. The van der Waals surface area contributed by atoms with Gasteiger partial charge in [0.05, 0.1) is 8.66 Å². The van der Waals surface area contributed by atoms with Crippen molar-refractivity contribution in [1.29, 1.82) is 0 Å². The first-order valence-electron chi connectivity index (χ1n) is 5.35. The summed E-state index contributed by atoms with van der Waals surface area (Å²) in [5.74, 6) is -0.235. The zero-order chi connectivity index (χ0) is 14.7. The number of hydrogen-bond donors (Lipinski definition) is 3. The molecule has 20 heavy (non-hydrogen) atoms. The highest BCUT2D eigenvalue weighted by Gasteiger charge is 2.12. The number of rotatable bonds is 3. The summed E-state index contributed by atoms with van der Waals surface area (Å²) in [5, 5.41) is 14.3. The van der Waals surface area contributed by atoms with Crippen LogP contribution < -0.4 is 11.1 Å². The molecule has 0 bridgehead atoms. The molecule has 0 saturated heterocycles. The van der Waals surface area contributed by atoms with E-state index in [1.165, 1.54) is 11.3 Å². The predicted molar refractivity (Wildman–Crippen MR) is 86.6 cm³/mol. The van der Waals surface area contributed by atoms with Gasteiger partial charge in [-0.05, 0) is 50.1 Å². The first kappa shape index (κ1) is 15.0. The molecule has 1 heterocycles. The van der Waals surface area contributed by atoms with Gasteiger partial charge in [0.25, 0.3) is 5.91 Å². The number of anilines is 1. The molecule has 5 nitrogen and oxygen atoms in total. The van der Waals surface area contributed by atoms with E-state index in [0.717, 1.165) is 8.26 Å². The van der Waals surface area contributed by atoms with Gasteiger partial charge in [0.1, 0.15) is 0 Å². The van der Waals surface area contributed by atoms with Gasteiger partial charge in [-0.1, -0.05) is 17.3 Å². The molecule has 2 rings (SSSR count). The van der Waals surface area contributed by atoms with Crippen molar-refractivity contribution in [3.05, 3.63) is 49.0 Å². The molecule has 0 aliphatic heterocycles. The zero-order valence-electron chi connectivity index (χ0n) is 9.93. The molecule has 1 amide bonds. The van der Waals surface area contributed by atoms with Gasteiger partial charge >= 0.3 is 0 Å². The smallest absolute Gasteiger partial charge is 0.265 e. The Kier molecular flexibility index (Phi) is 4.79. The van der Waals surface area contributed by atoms with Gasteiger partial charge in [0.2, 0.25) is 0 Å². The van der Waals surface area contributed by atoms with Gasteiger partial charge < -0.3 is 16.3 Å². The molecular weight excluding hydrogens is 410 g/mol. The van der Waals surface area contributed by atoms with E-state index in [1.807, 2.05) is 0 Å². The van der Waals surface area contributed by atoms with Gasteiger partial charge in [0, 0.05) is 15.7 Å². The Bertz CT molecular complexity index is 666. The zero-order valence-corrected chi connectivity index (χ0v) is 13.9. The Hall–Kier alpha value is -1.38. The summed E-state index contributed by atoms with van der Waals surface area (Å²) < 4.78 is 1.69. The molecule has 104 valence electrons. The van der Waals surface area contributed by atoms with Gasteiger partial charge in [-0.15, -0.1) is 11.3 Å². The number of nitrogens with one attached hydrogen (secondary N) is 1. The van der Waals surface area contributed by atoms with Gasteiger partial charge in [-0.25, -0.2) is 0 Å². The van der Waals surface area contributed by atoms with Gasteiger partial charge in [0.15, 0.2) is 5.84 Å². The maximum Gasteiger partial charge on any atom is 0.265 e. The van der Waals surface area contributed by atoms with Gasteiger partial charge in [-0.3, -0.25) is 4.79 Å². The van der Waals surface area contributed by atoms with Crippen LogP contribution in [0.4, 0.5) is 5.69 Å². The maximum atomic E-state index is 12.1. The third kappa shape index (κ3) is 3.38. The number of nitrogens with zero attached hydrogens (tertiary/aromatic N) is 1. The molecule has 0 spiro atoms. The Morgan fingerprint density at radius 3 is 2.70 bits per heavy atom. The van der Waals surface area contributed by atoms with Crippen molar-refractivity contribution in [2.24, 2.45) is 10.9 Å². The third-order valence-corrected chi connectivity index (χ3v) is 5.65. The summed E-state index contributed by atoms with van der Waals surface area (Å²) in [6.45, 7) is 0. The fraction of sp³-hybridized carbons (Fsp3) is 0. The lowest BCUT2D eigenvalue weighted by molar-refractivity contribution is 0.103. The van der Waals surface area contributed by atoms with Crippen LogP contribution in [-0.4, -0.2) is 17.0 Å². The number of carbonyl (C=O) groups excluding carboxylic acids is 1. The molecule has 2 aromatic rings. The van der Waals surface area contributed by atoms with Crippen LogP contribution in [0.2, 0.25) is 0 Å². The van der Waals surface area contributed by atoms with Crippen molar-refractivity contribution in [1.82, 2.24) is 0 Å². The van der Waals surface area contributed by atoms with E-state index in [2.05, 4.69) is 42.3 Å². The van der Waals surface area contributed by atoms with Gasteiger partial charge in [-0.2, -0.15) is 0 Å². The highest BCUT2D eigenvalue weighted by atomic mass is 79.9. The fourth-order valence-electron chi connectivity index (χ4n) is 1.47. The van der Waals surface area contributed by atoms with Crippen LogP contribution in [0.3, 0.4) is 0 Å². The first-order valence-corrected chi connectivity index (χ1v) is 7.75. The van der Waals surface area contributed by atoms with Crippen molar-refractivity contribution in [2.45, 2.75) is 0 Å². The fourth-order valence-corrected chi connectivity index (χ4v) is 3.40. The number of benzene rings is 1. The average Bonchev–Trinajstić information content (AvgIpc) is 2.78. The van der Waals surface area contributed by atoms with Crippen molar-refractivity contribution in [3.63, 3.8) is 0 Å². The summed E-state index contributed by atoms with van der Waals surface area (Å²) in [6, 6.07) is 8.48. The summed E-state index contributed by atoms with van der Waals surface area (Å²) >= 11 is 8.00. The molecule has 0 saturated carbocycles. The van der Waals surface area contributed by atoms with Crippen molar-refractivity contribution in [2.75, 3.05) is 5.32 Å². The molecule has 0 fully saturated rings. The highest BCUT2D eigenvalue weighted by Crippen LogP contribution is 2.32. The van der Waals surface area contributed by atoms with Crippen molar-refractivity contribution in [3.8, 4) is 0 Å². The number of thiophene rings is 1. The number of halogens is 2. The Balaban J connectivity index is 2.20. The summed E-state index contributed by atoms with van der Waals surface area (Å²) in [5.41, 5.74) is 6.60. The first-order chi connectivity index (χ1) is 9.51. The van der Waals surface area contributed by atoms with E-state index in [9.17, 15) is 4.79 Å². The monoisotopic (exact) mass is 417 g/mol. The Morgan fingerprint density at radius 2 is 2.10 bits per heavy atom. The Labute approximate surface area is 135 Å². The predicted octanol–water partition coefficient (Wildman–Crippen LogP) is 3.62. The topological polar surface area (TPSA) is 87.7 Å². The number of hydrogen-bond acceptors (Lipinski definition) is 4. The Morgan fingerprint density at radius 1 is 1.35 bits per heavy atom. The van der Waals surface area contributed by atoms with Crippen molar-refractivity contribution < 1.29 is 10.0 Å². The van der Waals surface area contributed by atoms with Crippen LogP contribution in [-0.2, 0) is 0 Å². The van der Waals surface area contributed by atoms with E-state index in [1.54, 1.807) is 30.3 Å². The van der Waals surface area contributed by atoms with E-state index < -0.39 is 0 Å². The van der Waals surface area contributed by atoms with Crippen LogP contribution >= 0.6 is 43.2 Å². The van der Waals surface area contributed by atoms with Crippen LogP contribution in [0.1, 0.15) is 15.2 Å². The van der Waals surface area contributed by atoms with E-state index >= 15 is 0 Å². The standard InChI is InChI=1S/C12H9Br2N3O2S/c13-8-5-9(20-10(8)14)12(18)16-7-3-1-2-6(4-7)11(15)17-19/h1-5,19H,(H2,15,17)(H,16,18). The number of amidine groups is 1. The molecule has 0 aliphatic rings. The minimum Gasteiger partial charge on any atom is -0.409 e. The van der Waals surface area contributed by atoms with Crippen LogP contribution in [0, 0.1) is 0 Å². The van der Waals surface area contributed by atoms with Crippen molar-refractivity contribution >= 4 is 60.6 Å². The molecule has 1 aromatic carbocycles. The second-order valence-corrected chi connectivity index (χ2v) is 6.98. The number of carbonyl (C=O) groups is 1. The molecule has 4 N–H and O–H groups in total. The summed E-state index contributed by atoms with van der Waals surface area (Å²) in [6.07, 6.45) is 0. The highest BCUT2D eigenvalue weighted by molar-refractivity contribution is 9.13. The van der Waals surface area contributed by atoms with E-state index in [0.29, 0.717) is 16.1 Å². The molecular formula is C12H9Br2N3O2S. The largest absolute Gasteiger partial charge is 0.409 e. The second kappa shape index (κ2) is 6.38. The van der Waals surface area contributed by atoms with E-state index in [-0.39, 0.29) is 11.7 Å². The summed E-state index contributed by atoms with van der Waals surface area (Å²) in [4.78, 5) is 12.6. The second-order valence-electron chi connectivity index (χ2n) is 3.75. The average molecular weight is 419 g/mol. The summed E-state index contributed by atoms with van der Waals surface area (Å²) in [7, 11) is 0. The minimum absolute atomic E-state index is 0.0114. The number of nitrogens with two attached hydrogens (primary N) is 1.